The molecule has 9 rings (SSSR count). The molecule has 2 aliphatic rings. The van der Waals surface area contributed by atoms with Gasteiger partial charge in [-0.25, -0.2) is 13.4 Å². The predicted molar refractivity (Wildman–Crippen MR) is 304 cm³/mol. The van der Waals surface area contributed by atoms with E-state index in [4.69, 9.17) is 26.0 Å². The number of Topliss-reactive ketones (excluding diaryl/α,β-unsaturated/α-hetero) is 1. The van der Waals surface area contributed by atoms with E-state index in [2.05, 4.69) is 35.5 Å². The molecule has 0 fully saturated rings. The summed E-state index contributed by atoms with van der Waals surface area (Å²) in [5.41, 5.74) is 16.7. The monoisotopic (exact) mass is 1150 g/mol. The number of fused-ring (bicyclic) bond motifs is 3. The average Bonchev–Trinajstić information content (AvgIpc) is 1.61. The summed E-state index contributed by atoms with van der Waals surface area (Å²) in [4.78, 5) is 58.1. The molecule has 0 spiro atoms. The summed E-state index contributed by atoms with van der Waals surface area (Å²) in [5, 5.41) is 17.0. The third-order valence-corrected chi connectivity index (χ3v) is 15.2. The second-order valence-electron chi connectivity index (χ2n) is 19.4. The highest BCUT2D eigenvalue weighted by atomic mass is 32.2. The molecule has 0 bridgehead atoms. The molecule has 0 saturated carbocycles. The lowest BCUT2D eigenvalue weighted by molar-refractivity contribution is -0.176. The Bertz CT molecular complexity index is 4190. The largest absolute Gasteiger partial charge is 0.744 e. The number of ether oxygens (including phenoxy) is 1. The first-order chi connectivity index (χ1) is 39.1. The lowest BCUT2D eigenvalue weighted by Crippen LogP contribution is -2.47. The summed E-state index contributed by atoms with van der Waals surface area (Å²) in [6, 6.07) is 33.5. The number of anilines is 3. The smallest absolute Gasteiger partial charge is 0.304 e. The molecule has 422 valence electrons. The maximum atomic E-state index is 14.2. The molecule has 25 heteroatoms. The molecule has 0 radical (unpaired) electrons. The van der Waals surface area contributed by atoms with Crippen molar-refractivity contribution in [3.05, 3.63) is 155 Å². The molecule has 7 aromatic rings. The van der Waals surface area contributed by atoms with E-state index in [1.165, 1.54) is 35.2 Å². The number of benzene rings is 6. The van der Waals surface area contributed by atoms with Crippen LogP contribution in [0, 0.1) is 0 Å². The minimum atomic E-state index is -5.34. The highest BCUT2D eigenvalue weighted by molar-refractivity contribution is 7.86. The number of imidazole rings is 1. The number of aryl methyl sites for hydroxylation is 2. The van der Waals surface area contributed by atoms with E-state index in [-0.39, 0.29) is 77.2 Å². The molecule has 3 heterocycles. The van der Waals surface area contributed by atoms with Gasteiger partial charge in [0, 0.05) is 92.9 Å². The molecule has 0 unspecified atom stereocenters. The highest BCUT2D eigenvalue weighted by Crippen LogP contribution is 2.46. The lowest BCUT2D eigenvalue weighted by atomic mass is 9.90. The molecule has 82 heavy (non-hydrogen) atoms. The first-order valence-corrected chi connectivity index (χ1v) is 28.5. The van der Waals surface area contributed by atoms with Crippen LogP contribution in [0.25, 0.3) is 44.6 Å². The summed E-state index contributed by atoms with van der Waals surface area (Å²) >= 11 is 0. The number of carbonyl (C=O) groups excluding carboxylic acids is 3. The number of H-pyrrole nitrogens is 1. The van der Waals surface area contributed by atoms with Crippen molar-refractivity contribution in [2.45, 2.75) is 54.9 Å². The standard InChI is InChI=1S/C57H56N12O11S2/c1-68(2)38-23-21-37(22-24-38)67-66-36-19-17-35(18-20-36)54(71)61-30-6-11-46-62-48-53(63-46)64-57(60)65-55(48)79-32-34-14-12-33(13-15-34)16-25-39(70)8-7-31-69(3)56(72)41-10-5-4-9-40(41)47-42-26-28-44(58)51(81(73,74)75)49(42)80-50-43(47)27-29-45(59)52(50)82(76,77)78/h4-5,9-10,12-15,17-24,26-29,58H,6-8,11,16,25,30-32,59H2,1-3H3,(H,61,71)(H,73,74,75)(H,76,77,78)(H3,60,62,63,64,65). The number of hydrogen-bond donors (Lipinski definition) is 6. The van der Waals surface area contributed by atoms with E-state index < -0.39 is 58.3 Å². The first kappa shape index (κ1) is 57.3. The fraction of sp³-hybridized carbons (Fsp3) is 0.211. The first-order valence-electron chi connectivity index (χ1n) is 25.6. The minimum Gasteiger partial charge on any atom is -0.744 e. The molecule has 23 nitrogen and oxygen atoms in total. The second kappa shape index (κ2) is 24.1. The number of rotatable bonds is 22. The summed E-state index contributed by atoms with van der Waals surface area (Å²) in [7, 11) is -4.95. The van der Waals surface area contributed by atoms with Gasteiger partial charge in [-0.15, -0.1) is 0 Å². The molecular formula is C57H56N12O11S2. The van der Waals surface area contributed by atoms with Crippen LogP contribution in [-0.2, 0) is 44.5 Å². The fourth-order valence-electron chi connectivity index (χ4n) is 9.21. The lowest BCUT2D eigenvalue weighted by Gasteiger charge is -2.23. The number of ketones is 1. The molecule has 2 amide bonds. The van der Waals surface area contributed by atoms with Crippen molar-refractivity contribution >= 4 is 88.7 Å². The molecule has 2 aromatic heterocycles. The maximum Gasteiger partial charge on any atom is 0.304 e. The number of carbonyl (C=O) groups is 3. The molecule has 5 aromatic carbocycles. The SMILES string of the molecule is CN(CCCC(=O)CCc1ccc(COc2nc(N)nc3nc(CCCNC(=O)c4ccc(N=Nc5ccc(N(C)C)cc5)cc4)[nH]c23)cc1)C(=O)c1ccccc1-c1c2ccc(=[NH2+])c(S(=O)(=O)O)c-2oc2c(S(=O)(=O)[O-])c(N)ccc12. The summed E-state index contributed by atoms with van der Waals surface area (Å²) in [6.45, 7) is 0.710. The Morgan fingerprint density at radius 2 is 1.46 bits per heavy atom. The number of nitrogens with one attached hydrogen (secondary N) is 2. The van der Waals surface area contributed by atoms with Crippen LogP contribution in [0.5, 0.6) is 5.88 Å². The Labute approximate surface area is 470 Å². The summed E-state index contributed by atoms with van der Waals surface area (Å²) < 4.78 is 85.0. The minimum absolute atomic E-state index is 0.00534. The Balaban J connectivity index is 0.754. The van der Waals surface area contributed by atoms with Crippen LogP contribution in [0.3, 0.4) is 0 Å². The van der Waals surface area contributed by atoms with Crippen LogP contribution in [-0.4, -0.2) is 103 Å². The van der Waals surface area contributed by atoms with Gasteiger partial charge < -0.3 is 45.3 Å². The number of hydrogen-bond acceptors (Lipinski definition) is 18. The third kappa shape index (κ3) is 13.1. The molecule has 0 atom stereocenters. The quantitative estimate of drug-likeness (QED) is 0.0142. The van der Waals surface area contributed by atoms with Gasteiger partial charge >= 0.3 is 10.1 Å². The number of azo groups is 1. The van der Waals surface area contributed by atoms with E-state index >= 15 is 0 Å². The summed E-state index contributed by atoms with van der Waals surface area (Å²) in [6.07, 6.45) is 2.30. The van der Waals surface area contributed by atoms with Gasteiger partial charge in [-0.1, -0.05) is 42.5 Å². The van der Waals surface area contributed by atoms with E-state index in [1.807, 2.05) is 67.5 Å². The highest BCUT2D eigenvalue weighted by Gasteiger charge is 2.32. The zero-order chi connectivity index (χ0) is 58.5. The van der Waals surface area contributed by atoms with Crippen LogP contribution >= 0.6 is 0 Å². The topological polar surface area (TPSA) is 360 Å². The zero-order valence-electron chi connectivity index (χ0n) is 44.6. The van der Waals surface area contributed by atoms with Gasteiger partial charge in [0.25, 0.3) is 11.8 Å². The van der Waals surface area contributed by atoms with Gasteiger partial charge in [0.2, 0.25) is 22.1 Å². The van der Waals surface area contributed by atoms with Crippen LogP contribution in [0.15, 0.2) is 146 Å². The van der Waals surface area contributed by atoms with Crippen LogP contribution < -0.4 is 37.2 Å². The number of nitrogens with zero attached hydrogens (tertiary/aromatic N) is 7. The van der Waals surface area contributed by atoms with Gasteiger partial charge in [-0.05, 0) is 109 Å². The third-order valence-electron chi connectivity index (χ3n) is 13.4. The van der Waals surface area contributed by atoms with Crippen LogP contribution in [0.2, 0.25) is 0 Å². The van der Waals surface area contributed by atoms with E-state index in [0.717, 1.165) is 22.5 Å². The van der Waals surface area contributed by atoms with Crippen molar-refractivity contribution in [3.8, 4) is 28.3 Å². The molecular weight excluding hydrogens is 1090 g/mol. The second-order valence-corrected chi connectivity index (χ2v) is 22.1. The van der Waals surface area contributed by atoms with Crippen molar-refractivity contribution in [1.29, 1.82) is 0 Å². The zero-order valence-corrected chi connectivity index (χ0v) is 46.3. The van der Waals surface area contributed by atoms with E-state index in [9.17, 15) is 40.3 Å². The predicted octanol–water partition coefficient (Wildman–Crippen LogP) is 6.32. The van der Waals surface area contributed by atoms with Crippen molar-refractivity contribution in [2.75, 3.05) is 50.6 Å². The van der Waals surface area contributed by atoms with Crippen molar-refractivity contribution < 1.29 is 54.9 Å². The number of aromatic nitrogens is 4. The number of aromatic amines is 1. The normalized spacial score (nSPS) is 11.9. The Morgan fingerprint density at radius 1 is 0.780 bits per heavy atom. The van der Waals surface area contributed by atoms with Crippen molar-refractivity contribution in [3.63, 3.8) is 0 Å². The fourth-order valence-corrected chi connectivity index (χ4v) is 10.7. The molecule has 0 saturated heterocycles. The van der Waals surface area contributed by atoms with Gasteiger partial charge in [0.1, 0.15) is 38.7 Å². The Kier molecular flexibility index (Phi) is 16.8. The Morgan fingerprint density at radius 3 is 2.15 bits per heavy atom. The van der Waals surface area contributed by atoms with Crippen LogP contribution in [0.1, 0.15) is 63.4 Å². The Hall–Kier alpha value is -9.43. The van der Waals surface area contributed by atoms with Gasteiger partial charge in [-0.3, -0.25) is 24.3 Å². The van der Waals surface area contributed by atoms with Crippen LogP contribution in [0.4, 0.5) is 28.7 Å². The van der Waals surface area contributed by atoms with E-state index in [0.29, 0.717) is 60.5 Å². The molecule has 1 aliphatic carbocycles. The van der Waals surface area contributed by atoms with Gasteiger partial charge in [0.15, 0.2) is 17.0 Å². The maximum absolute atomic E-state index is 14.2. The van der Waals surface area contributed by atoms with Crippen molar-refractivity contribution in [2.24, 2.45) is 10.2 Å². The summed E-state index contributed by atoms with van der Waals surface area (Å²) in [5.74, 6) is -0.477. The molecule has 9 N–H and O–H groups in total. The number of nitrogens with two attached hydrogens (primary N) is 3. The van der Waals surface area contributed by atoms with Gasteiger partial charge in [-0.2, -0.15) is 28.6 Å². The van der Waals surface area contributed by atoms with Gasteiger partial charge in [0.05, 0.1) is 17.1 Å². The average molecular weight is 1150 g/mol. The van der Waals surface area contributed by atoms with E-state index in [1.54, 1.807) is 49.5 Å². The number of amides is 2. The van der Waals surface area contributed by atoms with Crippen molar-refractivity contribution in [1.82, 2.24) is 30.2 Å². The number of nitrogen functional groups attached to an aromatic ring is 2. The molecule has 1 aliphatic heterocycles.